The van der Waals surface area contributed by atoms with Crippen LogP contribution in [-0.2, 0) is 4.74 Å². The molecule has 0 radical (unpaired) electrons. The highest BCUT2D eigenvalue weighted by molar-refractivity contribution is 5.94. The monoisotopic (exact) mass is 243 g/mol. The average molecular weight is 243 g/mol. The van der Waals surface area contributed by atoms with Gasteiger partial charge >= 0.3 is 5.97 Å². The molecule has 0 aliphatic carbocycles. The highest BCUT2D eigenvalue weighted by Crippen LogP contribution is 2.25. The maximum atomic E-state index is 11.7. The van der Waals surface area contributed by atoms with Gasteiger partial charge in [0.25, 0.3) is 0 Å². The quantitative estimate of drug-likeness (QED) is 0.611. The molecule has 0 unspecified atom stereocenters. The maximum Gasteiger partial charge on any atom is 0.357 e. The molecule has 4 heteroatoms. The molecule has 0 aliphatic heterocycles. The topological polar surface area (TPSA) is 48.4 Å². The van der Waals surface area contributed by atoms with E-state index in [1.54, 1.807) is 13.2 Å². The summed E-state index contributed by atoms with van der Waals surface area (Å²) in [6.45, 7) is 3.65. The minimum Gasteiger partial charge on any atom is -0.496 e. The number of ether oxygens (including phenoxy) is 2. The number of fused-ring (bicyclic) bond motifs is 1. The van der Waals surface area contributed by atoms with Crippen LogP contribution in [0.15, 0.2) is 43.0 Å². The van der Waals surface area contributed by atoms with Gasteiger partial charge in [-0.2, -0.15) is 0 Å². The summed E-state index contributed by atoms with van der Waals surface area (Å²) in [6.07, 6.45) is 1.51. The van der Waals surface area contributed by atoms with Gasteiger partial charge in [0.1, 0.15) is 12.4 Å². The summed E-state index contributed by atoms with van der Waals surface area (Å²) in [6, 6.07) is 9.03. The molecule has 2 rings (SSSR count). The first-order valence-electron chi connectivity index (χ1n) is 5.48. The largest absolute Gasteiger partial charge is 0.496 e. The lowest BCUT2D eigenvalue weighted by molar-refractivity contribution is 0.0543. The van der Waals surface area contributed by atoms with Crippen LogP contribution >= 0.6 is 0 Å². The molecule has 0 N–H and O–H groups in total. The molecule has 1 heterocycles. The Morgan fingerprint density at radius 3 is 2.94 bits per heavy atom. The molecule has 92 valence electrons. The third kappa shape index (κ3) is 2.32. The number of benzene rings is 1. The van der Waals surface area contributed by atoms with Crippen molar-refractivity contribution in [3.05, 3.63) is 48.7 Å². The maximum absolute atomic E-state index is 11.7. The first-order valence-corrected chi connectivity index (χ1v) is 5.48. The van der Waals surface area contributed by atoms with E-state index in [0.29, 0.717) is 11.3 Å². The first kappa shape index (κ1) is 12.1. The van der Waals surface area contributed by atoms with Crippen molar-refractivity contribution >= 4 is 16.9 Å². The summed E-state index contributed by atoms with van der Waals surface area (Å²) in [5.41, 5.74) is 0.926. The molecule has 0 bridgehead atoms. The zero-order chi connectivity index (χ0) is 13.0. The summed E-state index contributed by atoms with van der Waals surface area (Å²) in [7, 11) is 1.56. The van der Waals surface area contributed by atoms with Gasteiger partial charge in [0.15, 0.2) is 5.69 Å². The minimum atomic E-state index is -0.487. The number of carbonyl (C=O) groups excluding carboxylic acids is 1. The van der Waals surface area contributed by atoms with Gasteiger partial charge in [-0.1, -0.05) is 24.8 Å². The number of aromatic nitrogens is 1. The van der Waals surface area contributed by atoms with Crippen molar-refractivity contribution in [3.63, 3.8) is 0 Å². The molecule has 2 aromatic rings. The number of para-hydroxylation sites is 1. The third-order valence-electron chi connectivity index (χ3n) is 2.44. The Hall–Kier alpha value is -2.36. The van der Waals surface area contributed by atoms with Crippen molar-refractivity contribution in [1.29, 1.82) is 0 Å². The Morgan fingerprint density at radius 1 is 1.44 bits per heavy atom. The minimum absolute atomic E-state index is 0.162. The van der Waals surface area contributed by atoms with E-state index >= 15 is 0 Å². The second-order valence-electron chi connectivity index (χ2n) is 3.61. The summed E-state index contributed by atoms with van der Waals surface area (Å²) >= 11 is 0. The van der Waals surface area contributed by atoms with Crippen LogP contribution in [0.3, 0.4) is 0 Å². The highest BCUT2D eigenvalue weighted by Gasteiger charge is 2.13. The molecule has 0 fully saturated rings. The fraction of sp³-hybridized carbons (Fsp3) is 0.143. The molecule has 1 aromatic heterocycles. The zero-order valence-corrected chi connectivity index (χ0v) is 10.1. The normalized spacial score (nSPS) is 10.1. The molecule has 0 saturated heterocycles. The van der Waals surface area contributed by atoms with Crippen molar-refractivity contribution < 1.29 is 14.3 Å². The van der Waals surface area contributed by atoms with Crippen LogP contribution in [0.4, 0.5) is 0 Å². The van der Waals surface area contributed by atoms with E-state index < -0.39 is 5.97 Å². The Bertz CT molecular complexity index is 593. The van der Waals surface area contributed by atoms with Crippen LogP contribution < -0.4 is 4.74 Å². The number of hydrogen-bond donors (Lipinski definition) is 0. The Balaban J connectivity index is 2.46. The number of esters is 1. The van der Waals surface area contributed by atoms with Gasteiger partial charge in [-0.25, -0.2) is 9.78 Å². The lowest BCUT2D eigenvalue weighted by Crippen LogP contribution is -2.08. The summed E-state index contributed by atoms with van der Waals surface area (Å²) in [4.78, 5) is 16.0. The van der Waals surface area contributed by atoms with E-state index in [9.17, 15) is 4.79 Å². The third-order valence-corrected chi connectivity index (χ3v) is 2.44. The molecular formula is C14H13NO3. The lowest BCUT2D eigenvalue weighted by atomic mass is 10.2. The molecule has 0 atom stereocenters. The fourth-order valence-corrected chi connectivity index (χ4v) is 1.63. The fourth-order valence-electron chi connectivity index (χ4n) is 1.63. The van der Waals surface area contributed by atoms with E-state index in [1.807, 2.05) is 24.3 Å². The van der Waals surface area contributed by atoms with Gasteiger partial charge in [0.2, 0.25) is 0 Å². The smallest absolute Gasteiger partial charge is 0.357 e. The second-order valence-corrected chi connectivity index (χ2v) is 3.61. The zero-order valence-electron chi connectivity index (χ0n) is 10.1. The van der Waals surface area contributed by atoms with Crippen molar-refractivity contribution in [1.82, 2.24) is 4.98 Å². The van der Waals surface area contributed by atoms with Crippen LogP contribution in [0.5, 0.6) is 5.75 Å². The van der Waals surface area contributed by atoms with Gasteiger partial charge in [0, 0.05) is 11.5 Å². The summed E-state index contributed by atoms with van der Waals surface area (Å²) in [5, 5.41) is 0.861. The van der Waals surface area contributed by atoms with Crippen LogP contribution in [0, 0.1) is 0 Å². The Labute approximate surface area is 105 Å². The predicted molar refractivity (Wildman–Crippen MR) is 68.8 cm³/mol. The van der Waals surface area contributed by atoms with E-state index in [4.69, 9.17) is 9.47 Å². The lowest BCUT2D eigenvalue weighted by Gasteiger charge is -2.07. The average Bonchev–Trinajstić information content (AvgIpc) is 2.43. The molecule has 0 saturated carbocycles. The molecule has 18 heavy (non-hydrogen) atoms. The van der Waals surface area contributed by atoms with Crippen LogP contribution in [0.2, 0.25) is 0 Å². The van der Waals surface area contributed by atoms with Crippen LogP contribution in [0.1, 0.15) is 10.5 Å². The number of pyridine rings is 1. The number of hydrogen-bond acceptors (Lipinski definition) is 4. The van der Waals surface area contributed by atoms with E-state index in [0.717, 1.165) is 5.39 Å². The molecule has 0 amide bonds. The molecule has 1 aromatic carbocycles. The molecule has 0 aliphatic rings. The van der Waals surface area contributed by atoms with E-state index in [2.05, 4.69) is 11.6 Å². The van der Waals surface area contributed by atoms with Crippen molar-refractivity contribution in [2.45, 2.75) is 0 Å². The standard InChI is InChI=1S/C14H13NO3/c1-3-8-18-14(16)12-9-13(17-2)10-6-4-5-7-11(10)15-12/h3-7,9H,1,8H2,2H3. The van der Waals surface area contributed by atoms with Gasteiger partial charge in [-0.15, -0.1) is 0 Å². The number of nitrogens with zero attached hydrogens (tertiary/aromatic N) is 1. The van der Waals surface area contributed by atoms with Crippen molar-refractivity contribution in [2.75, 3.05) is 13.7 Å². The van der Waals surface area contributed by atoms with E-state index in [1.165, 1.54) is 6.08 Å². The second kappa shape index (κ2) is 5.31. The predicted octanol–water partition coefficient (Wildman–Crippen LogP) is 2.59. The summed E-state index contributed by atoms with van der Waals surface area (Å²) in [5.74, 6) is 0.116. The Morgan fingerprint density at radius 2 is 2.22 bits per heavy atom. The number of rotatable bonds is 4. The molecule has 0 spiro atoms. The summed E-state index contributed by atoms with van der Waals surface area (Å²) < 4.78 is 10.2. The molecular weight excluding hydrogens is 230 g/mol. The number of carbonyl (C=O) groups is 1. The Kier molecular flexibility index (Phi) is 3.57. The van der Waals surface area contributed by atoms with Gasteiger partial charge < -0.3 is 9.47 Å². The van der Waals surface area contributed by atoms with E-state index in [-0.39, 0.29) is 12.3 Å². The van der Waals surface area contributed by atoms with Crippen LogP contribution in [0.25, 0.3) is 10.9 Å². The highest BCUT2D eigenvalue weighted by atomic mass is 16.5. The van der Waals surface area contributed by atoms with Gasteiger partial charge in [-0.05, 0) is 12.1 Å². The van der Waals surface area contributed by atoms with Gasteiger partial charge in [0.05, 0.1) is 12.6 Å². The van der Waals surface area contributed by atoms with Gasteiger partial charge in [-0.3, -0.25) is 0 Å². The first-order chi connectivity index (χ1) is 8.76. The SMILES string of the molecule is C=CCOC(=O)c1cc(OC)c2ccccc2n1. The van der Waals surface area contributed by atoms with Crippen molar-refractivity contribution in [2.24, 2.45) is 0 Å². The number of methoxy groups -OCH3 is 1. The van der Waals surface area contributed by atoms with Crippen molar-refractivity contribution in [3.8, 4) is 5.75 Å². The van der Waals surface area contributed by atoms with Crippen LogP contribution in [-0.4, -0.2) is 24.7 Å². The molecule has 4 nitrogen and oxygen atoms in total.